The van der Waals surface area contributed by atoms with Gasteiger partial charge in [-0.05, 0) is 132 Å². The molecule has 1 aromatic rings. The molecule has 5 aliphatic rings. The van der Waals surface area contributed by atoms with Crippen molar-refractivity contribution in [1.29, 1.82) is 0 Å². The molecule has 0 aliphatic heterocycles. The summed E-state index contributed by atoms with van der Waals surface area (Å²) in [6.07, 6.45) is 15.3. The summed E-state index contributed by atoms with van der Waals surface area (Å²) in [5.41, 5.74) is 1.24. The molecule has 0 unspecified atom stereocenters. The summed E-state index contributed by atoms with van der Waals surface area (Å²) in [5.74, 6) is -4.33. The van der Waals surface area contributed by atoms with Crippen LogP contribution in [0.3, 0.4) is 0 Å². The highest BCUT2D eigenvalue weighted by atomic mass is 16.5. The number of hydrogen-bond donors (Lipinski definition) is 5. The van der Waals surface area contributed by atoms with Crippen LogP contribution >= 0.6 is 0 Å². The van der Waals surface area contributed by atoms with Crippen LogP contribution in [0.4, 0.5) is 0 Å². The van der Waals surface area contributed by atoms with Crippen LogP contribution in [0.1, 0.15) is 133 Å². The van der Waals surface area contributed by atoms with Crippen LogP contribution in [-0.4, -0.2) is 117 Å². The van der Waals surface area contributed by atoms with Gasteiger partial charge in [-0.15, -0.1) is 0 Å². The van der Waals surface area contributed by atoms with Gasteiger partial charge in [-0.2, -0.15) is 0 Å². The molecule has 2 atom stereocenters. The van der Waals surface area contributed by atoms with Gasteiger partial charge in [-0.1, -0.05) is 31.7 Å². The molecular weight excluding hydrogens is 841 g/mol. The van der Waals surface area contributed by atoms with Crippen LogP contribution in [0.2, 0.25) is 0 Å². The Kier molecular flexibility index (Phi) is 20.5. The Bertz CT molecular complexity index is 1720. The zero-order chi connectivity index (χ0) is 46.8. The number of nitrogens with one attached hydrogen (secondary N) is 2. The topological polar surface area (TPSA) is 233 Å². The summed E-state index contributed by atoms with van der Waals surface area (Å²) in [6.45, 7) is 1.76. The first-order valence-electron chi connectivity index (χ1n) is 24.0. The first-order valence-corrected chi connectivity index (χ1v) is 24.0. The first kappa shape index (κ1) is 51.9. The molecule has 0 aromatic heterocycles. The maximum atomic E-state index is 13.6. The van der Waals surface area contributed by atoms with Gasteiger partial charge in [0, 0.05) is 26.3 Å². The lowest BCUT2D eigenvalue weighted by atomic mass is 9.76. The van der Waals surface area contributed by atoms with E-state index in [1.54, 1.807) is 14.2 Å². The number of carboxylic acid groups (broad SMARTS) is 3. The smallest absolute Gasteiger partial charge is 0.316 e. The van der Waals surface area contributed by atoms with E-state index < -0.39 is 40.6 Å². The lowest BCUT2D eigenvalue weighted by Crippen LogP contribution is -2.47. The average molecular weight is 915 g/mol. The zero-order valence-electron chi connectivity index (χ0n) is 38.6. The van der Waals surface area contributed by atoms with E-state index in [-0.39, 0.29) is 61.3 Å². The van der Waals surface area contributed by atoms with E-state index in [1.165, 1.54) is 11.1 Å². The number of carbonyl (C=O) groups excluding carboxylic acids is 3. The van der Waals surface area contributed by atoms with Gasteiger partial charge in [0.05, 0.1) is 74.1 Å². The minimum absolute atomic E-state index is 0.0176. The van der Waals surface area contributed by atoms with E-state index in [2.05, 4.69) is 10.6 Å². The Hall–Kier alpha value is -4.12. The fourth-order valence-electron chi connectivity index (χ4n) is 10.7. The highest BCUT2D eigenvalue weighted by Crippen LogP contribution is 2.46. The highest BCUT2D eigenvalue weighted by molar-refractivity contribution is 5.85. The Morgan fingerprint density at radius 2 is 1.05 bits per heavy atom. The van der Waals surface area contributed by atoms with Crippen molar-refractivity contribution < 1.29 is 67.8 Å². The standard InChI is InChI=1S/C29H41NO7.C20H33NO7/c1-35-15-16-36-19-23(27(33)37-25-12-9-20-5-4-6-22(20)17-25)18-29(13-2-3-14-29)28(34)30-24-10-7-21(8-11-24)26(31)32;1-27-10-11-28-13-15(18(24)25)12-20(8-2-3-9-20)19(26)21-16-6-4-14(5-7-16)17(22)23/h9,12,17,21,23-24H,2-8,10-11,13-16,18-19H2,1H3,(H,30,34)(H,31,32);14-16H,2-13H2,1H3,(H,21,26)(H,22,23)(H,24,25)/t21?,23-,24?;14?,15-,16?/m00/s1. The van der Waals surface area contributed by atoms with Crippen molar-refractivity contribution in [3.8, 4) is 5.75 Å². The van der Waals surface area contributed by atoms with Crippen LogP contribution in [0.5, 0.6) is 5.75 Å². The van der Waals surface area contributed by atoms with Gasteiger partial charge in [-0.25, -0.2) is 0 Å². The monoisotopic (exact) mass is 915 g/mol. The van der Waals surface area contributed by atoms with Crippen LogP contribution < -0.4 is 15.4 Å². The number of carboxylic acids is 3. The summed E-state index contributed by atoms with van der Waals surface area (Å²) in [5, 5.41) is 34.3. The van der Waals surface area contributed by atoms with E-state index in [4.69, 9.17) is 28.8 Å². The predicted molar refractivity (Wildman–Crippen MR) is 238 cm³/mol. The van der Waals surface area contributed by atoms with E-state index >= 15 is 0 Å². The van der Waals surface area contributed by atoms with Crippen molar-refractivity contribution in [1.82, 2.24) is 10.6 Å². The Morgan fingerprint density at radius 1 is 0.600 bits per heavy atom. The van der Waals surface area contributed by atoms with E-state index in [0.717, 1.165) is 57.8 Å². The molecule has 2 amide bonds. The Morgan fingerprint density at radius 3 is 1.49 bits per heavy atom. The van der Waals surface area contributed by atoms with Crippen LogP contribution in [0.25, 0.3) is 0 Å². The molecule has 4 saturated carbocycles. The summed E-state index contributed by atoms with van der Waals surface area (Å²) in [4.78, 5) is 74.2. The summed E-state index contributed by atoms with van der Waals surface area (Å²) < 4.78 is 27.0. The predicted octanol–water partition coefficient (Wildman–Crippen LogP) is 6.13. The lowest BCUT2D eigenvalue weighted by Gasteiger charge is -2.34. The van der Waals surface area contributed by atoms with Gasteiger partial charge in [-0.3, -0.25) is 28.8 Å². The Labute approximate surface area is 383 Å². The van der Waals surface area contributed by atoms with E-state index in [0.29, 0.717) is 103 Å². The molecule has 65 heavy (non-hydrogen) atoms. The number of methoxy groups -OCH3 is 2. The molecule has 16 heteroatoms. The van der Waals surface area contributed by atoms with Crippen molar-refractivity contribution in [3.63, 3.8) is 0 Å². The van der Waals surface area contributed by atoms with E-state index in [9.17, 15) is 39.0 Å². The number of esters is 1. The largest absolute Gasteiger partial charge is 0.481 e. The molecule has 0 radical (unpaired) electrons. The third kappa shape index (κ3) is 15.2. The number of carbonyl (C=O) groups is 6. The number of fused-ring (bicyclic) bond motifs is 1. The molecule has 5 aliphatic carbocycles. The Balaban J connectivity index is 0.000000254. The average Bonchev–Trinajstić information content (AvgIpc) is 4.09. The van der Waals surface area contributed by atoms with Gasteiger partial charge < -0.3 is 49.6 Å². The maximum Gasteiger partial charge on any atom is 0.316 e. The molecule has 5 N–H and O–H groups in total. The maximum absolute atomic E-state index is 13.6. The molecule has 1 aromatic carbocycles. The summed E-state index contributed by atoms with van der Waals surface area (Å²) in [7, 11) is 3.16. The minimum atomic E-state index is -0.946. The van der Waals surface area contributed by atoms with Crippen LogP contribution in [0.15, 0.2) is 18.2 Å². The van der Waals surface area contributed by atoms with Crippen molar-refractivity contribution in [2.75, 3.05) is 53.9 Å². The number of aliphatic carboxylic acids is 3. The van der Waals surface area contributed by atoms with Crippen molar-refractivity contribution in [2.24, 2.45) is 34.5 Å². The highest BCUT2D eigenvalue weighted by Gasteiger charge is 2.47. The molecule has 0 saturated heterocycles. The number of ether oxygens (including phenoxy) is 5. The molecule has 6 rings (SSSR count). The SMILES string of the molecule is COCCOC[C@H](CC1(C(=O)NC2CCC(C(=O)O)CC2)CCCC1)C(=O)O.COCCOC[C@H](CC1(C(=O)NC2CCC(C(=O)O)CC2)CCCC1)C(=O)Oc1ccc2c(c1)CCC2. The van der Waals surface area contributed by atoms with Crippen molar-refractivity contribution >= 4 is 35.7 Å². The van der Waals surface area contributed by atoms with Gasteiger partial charge in [0.15, 0.2) is 0 Å². The molecule has 0 heterocycles. The fourth-order valence-corrected chi connectivity index (χ4v) is 10.7. The van der Waals surface area contributed by atoms with E-state index in [1.807, 2.05) is 18.2 Å². The molecule has 364 valence electrons. The minimum Gasteiger partial charge on any atom is -0.481 e. The molecule has 16 nitrogen and oxygen atoms in total. The molecule has 0 bridgehead atoms. The second kappa shape index (κ2) is 25.7. The third-order valence-electron chi connectivity index (χ3n) is 14.7. The zero-order valence-corrected chi connectivity index (χ0v) is 38.6. The fraction of sp³-hybridized carbons (Fsp3) is 0.755. The van der Waals surface area contributed by atoms with Gasteiger partial charge in [0.1, 0.15) is 5.75 Å². The normalized spacial score (nSPS) is 24.1. The second-order valence-electron chi connectivity index (χ2n) is 19.2. The number of rotatable bonds is 23. The van der Waals surface area contributed by atoms with Gasteiger partial charge in [0.2, 0.25) is 11.8 Å². The quantitative estimate of drug-likeness (QED) is 0.0472. The number of benzene rings is 1. The number of amides is 2. The number of hydrogen-bond acceptors (Lipinski definition) is 11. The third-order valence-corrected chi connectivity index (χ3v) is 14.7. The van der Waals surface area contributed by atoms with Gasteiger partial charge in [0.25, 0.3) is 0 Å². The molecular formula is C49H74N2O14. The summed E-state index contributed by atoms with van der Waals surface area (Å²) in [6, 6.07) is 5.82. The molecule has 0 spiro atoms. The molecule has 4 fully saturated rings. The van der Waals surface area contributed by atoms with Crippen LogP contribution in [0, 0.1) is 34.5 Å². The van der Waals surface area contributed by atoms with Gasteiger partial charge >= 0.3 is 23.9 Å². The second-order valence-corrected chi connectivity index (χ2v) is 19.2. The lowest BCUT2D eigenvalue weighted by molar-refractivity contribution is -0.148. The van der Waals surface area contributed by atoms with Crippen molar-refractivity contribution in [2.45, 2.75) is 147 Å². The summed E-state index contributed by atoms with van der Waals surface area (Å²) >= 11 is 0. The number of aryl methyl sites for hydroxylation is 2. The van der Waals surface area contributed by atoms with Crippen LogP contribution in [-0.2, 0) is 60.6 Å². The van der Waals surface area contributed by atoms with Crippen molar-refractivity contribution in [3.05, 3.63) is 29.3 Å². The first-order chi connectivity index (χ1) is 31.3.